The molecule has 3 atom stereocenters. The Morgan fingerprint density at radius 2 is 1.60 bits per heavy atom. The Hall–Kier alpha value is -2.06. The molecule has 2 fully saturated rings. The Morgan fingerprint density at radius 3 is 2.15 bits per heavy atom. The van der Waals surface area contributed by atoms with Gasteiger partial charge in [0.05, 0.1) is 29.5 Å². The summed E-state index contributed by atoms with van der Waals surface area (Å²) in [5, 5.41) is 10.3. The number of benzene rings is 1. The number of pyridine rings is 1. The van der Waals surface area contributed by atoms with Crippen molar-refractivity contribution in [2.24, 2.45) is 5.41 Å². The van der Waals surface area contributed by atoms with Crippen molar-refractivity contribution < 1.29 is 23.8 Å². The zero-order chi connectivity index (χ0) is 34.2. The zero-order valence-corrected chi connectivity index (χ0v) is 31.7. The van der Waals surface area contributed by atoms with Crippen LogP contribution in [-0.2, 0) is 29.7 Å². The summed E-state index contributed by atoms with van der Waals surface area (Å²) in [6.45, 7) is 24.3. The van der Waals surface area contributed by atoms with E-state index >= 15 is 0 Å². The van der Waals surface area contributed by atoms with E-state index in [1.54, 1.807) is 0 Å². The second kappa shape index (κ2) is 12.1. The first-order chi connectivity index (χ1) is 21.8. The number of rotatable bonds is 6. The highest BCUT2D eigenvalue weighted by Gasteiger charge is 2.56. The van der Waals surface area contributed by atoms with Gasteiger partial charge in [-0.15, -0.1) is 0 Å². The van der Waals surface area contributed by atoms with Crippen LogP contribution < -0.4 is 0 Å². The molecule has 47 heavy (non-hydrogen) atoms. The van der Waals surface area contributed by atoms with Crippen LogP contribution in [0.3, 0.4) is 0 Å². The van der Waals surface area contributed by atoms with E-state index in [9.17, 15) is 9.90 Å². The van der Waals surface area contributed by atoms with Crippen LogP contribution in [0.5, 0.6) is 0 Å². The zero-order valence-electron chi connectivity index (χ0n) is 30.7. The number of carboxylic acid groups (broad SMARTS) is 1. The summed E-state index contributed by atoms with van der Waals surface area (Å²) in [6.07, 6.45) is 6.49. The van der Waals surface area contributed by atoms with Gasteiger partial charge in [-0.2, -0.15) is 0 Å². The molecule has 0 amide bonds. The van der Waals surface area contributed by atoms with Crippen LogP contribution >= 0.6 is 0 Å². The molecule has 1 saturated heterocycles. The molecular weight excluding hydrogens is 603 g/mol. The normalized spacial score (nSPS) is 26.0. The van der Waals surface area contributed by atoms with E-state index in [1.165, 1.54) is 27.8 Å². The molecule has 7 heteroatoms. The molecular formula is C40H59NO5Si. The molecule has 1 saturated carbocycles. The molecule has 258 valence electrons. The van der Waals surface area contributed by atoms with Gasteiger partial charge in [0.2, 0.25) is 0 Å². The Morgan fingerprint density at radius 1 is 0.979 bits per heavy atom. The van der Waals surface area contributed by atoms with Crippen molar-refractivity contribution in [3.05, 3.63) is 63.5 Å². The predicted molar refractivity (Wildman–Crippen MR) is 190 cm³/mol. The molecule has 2 aliphatic heterocycles. The molecule has 0 unspecified atom stereocenters. The lowest BCUT2D eigenvalue weighted by Gasteiger charge is -2.48. The maximum atomic E-state index is 12.5. The number of hydrogen-bond donors (Lipinski definition) is 1. The van der Waals surface area contributed by atoms with Gasteiger partial charge in [-0.25, -0.2) is 0 Å². The lowest BCUT2D eigenvalue weighted by molar-refractivity contribution is -0.138. The molecule has 1 spiro atoms. The largest absolute Gasteiger partial charge is 0.481 e. The number of aromatic nitrogens is 1. The third kappa shape index (κ3) is 6.28. The van der Waals surface area contributed by atoms with E-state index in [-0.39, 0.29) is 46.3 Å². The average Bonchev–Trinajstić information content (AvgIpc) is 3.58. The van der Waals surface area contributed by atoms with Gasteiger partial charge < -0.3 is 19.0 Å². The van der Waals surface area contributed by atoms with Crippen molar-refractivity contribution in [2.45, 2.75) is 160 Å². The molecule has 2 aromatic rings. The summed E-state index contributed by atoms with van der Waals surface area (Å²) in [6, 6.07) is 9.09. The van der Waals surface area contributed by atoms with Crippen molar-refractivity contribution in [3.63, 3.8) is 0 Å². The smallest absolute Gasteiger partial charge is 0.304 e. The van der Waals surface area contributed by atoms with Crippen LogP contribution in [0.15, 0.2) is 24.3 Å². The first kappa shape index (κ1) is 34.8. The first-order valence-electron chi connectivity index (χ1n) is 18.2. The van der Waals surface area contributed by atoms with E-state index in [2.05, 4.69) is 92.7 Å². The highest BCUT2D eigenvalue weighted by atomic mass is 28.4. The van der Waals surface area contributed by atoms with Gasteiger partial charge in [0.15, 0.2) is 8.32 Å². The number of ether oxygens (including phenoxy) is 2. The standard InChI is InChI=1S/C40H59NO5Si/c1-37(2,3)27-15-13-26(14-16-27)36-32-33(40(45-36)19-11-12-20-40)31-29(46-47(9,10)38(4,5)6)24-39(7,8)28(23-30(42)43)35(31)41-34(32)25-17-21-44-22-18-25/h13-16,25,28-29,36H,11-12,17-24H2,1-10H3,(H,42,43)/t28-,29+,36-/m1/s1. The summed E-state index contributed by atoms with van der Waals surface area (Å²) < 4.78 is 20.8. The van der Waals surface area contributed by atoms with Crippen molar-refractivity contribution in [1.82, 2.24) is 4.98 Å². The van der Waals surface area contributed by atoms with Crippen LogP contribution in [0.25, 0.3) is 0 Å². The van der Waals surface area contributed by atoms with Crippen LogP contribution in [0.2, 0.25) is 18.1 Å². The molecule has 2 aliphatic carbocycles. The number of aliphatic carboxylic acids is 1. The Labute approximate surface area is 284 Å². The Balaban J connectivity index is 1.65. The van der Waals surface area contributed by atoms with Gasteiger partial charge in [-0.05, 0) is 77.8 Å². The molecule has 1 N–H and O–H groups in total. The summed E-state index contributed by atoms with van der Waals surface area (Å²) in [5.41, 5.74) is 7.65. The van der Waals surface area contributed by atoms with Gasteiger partial charge in [0, 0.05) is 36.2 Å². The molecule has 6 nitrogen and oxygen atoms in total. The Bertz CT molecular complexity index is 1490. The molecule has 0 radical (unpaired) electrons. The minimum atomic E-state index is -2.21. The fourth-order valence-electron chi connectivity index (χ4n) is 8.60. The van der Waals surface area contributed by atoms with Gasteiger partial charge in [-0.1, -0.05) is 92.5 Å². The van der Waals surface area contributed by atoms with Crippen molar-refractivity contribution in [2.75, 3.05) is 13.2 Å². The molecule has 1 aromatic heterocycles. The van der Waals surface area contributed by atoms with Crippen LogP contribution in [0.1, 0.15) is 170 Å². The molecule has 3 heterocycles. The SMILES string of the molecule is CC(C)(C)c1ccc([C@H]2OC3(CCCC3)c3c2c(C2CCOCC2)nc2c3[C@@H](O[Si](C)(C)C(C)(C)C)CC(C)(C)[C@@H]2CC(=O)O)cc1. The second-order valence-electron chi connectivity index (χ2n) is 18.3. The number of hydrogen-bond acceptors (Lipinski definition) is 5. The number of carbonyl (C=O) groups is 1. The quantitative estimate of drug-likeness (QED) is 0.311. The van der Waals surface area contributed by atoms with E-state index in [1.807, 2.05) is 0 Å². The maximum absolute atomic E-state index is 12.5. The highest BCUT2D eigenvalue weighted by molar-refractivity contribution is 6.74. The second-order valence-corrected chi connectivity index (χ2v) is 23.0. The van der Waals surface area contributed by atoms with Crippen LogP contribution in [0.4, 0.5) is 0 Å². The summed E-state index contributed by atoms with van der Waals surface area (Å²) >= 11 is 0. The van der Waals surface area contributed by atoms with Gasteiger partial charge in [0.1, 0.15) is 6.10 Å². The lowest BCUT2D eigenvalue weighted by Crippen LogP contribution is -2.45. The predicted octanol–water partition coefficient (Wildman–Crippen LogP) is 10.2. The topological polar surface area (TPSA) is 77.9 Å². The van der Waals surface area contributed by atoms with Gasteiger partial charge >= 0.3 is 5.97 Å². The number of carboxylic acids is 1. The van der Waals surface area contributed by atoms with Crippen molar-refractivity contribution in [1.29, 1.82) is 0 Å². The van der Waals surface area contributed by atoms with Crippen LogP contribution in [-0.4, -0.2) is 37.6 Å². The maximum Gasteiger partial charge on any atom is 0.304 e. The highest BCUT2D eigenvalue weighted by Crippen LogP contribution is 2.63. The minimum absolute atomic E-state index is 0.0345. The van der Waals surface area contributed by atoms with E-state index in [4.69, 9.17) is 18.9 Å². The summed E-state index contributed by atoms with van der Waals surface area (Å²) in [5.74, 6) is -0.729. The van der Waals surface area contributed by atoms with E-state index in [0.29, 0.717) is 0 Å². The average molecular weight is 662 g/mol. The molecule has 4 aliphatic rings. The Kier molecular flexibility index (Phi) is 8.93. The van der Waals surface area contributed by atoms with Crippen molar-refractivity contribution >= 4 is 14.3 Å². The van der Waals surface area contributed by atoms with Gasteiger partial charge in [0.25, 0.3) is 0 Å². The summed E-state index contributed by atoms with van der Waals surface area (Å²) in [4.78, 5) is 18.2. The summed E-state index contributed by atoms with van der Waals surface area (Å²) in [7, 11) is -2.21. The lowest BCUT2D eigenvalue weighted by atomic mass is 9.63. The van der Waals surface area contributed by atoms with E-state index < -0.39 is 19.9 Å². The number of fused-ring (bicyclic) bond motifs is 4. The molecule has 1 aromatic carbocycles. The van der Waals surface area contributed by atoms with Crippen molar-refractivity contribution in [3.8, 4) is 0 Å². The monoisotopic (exact) mass is 661 g/mol. The number of nitrogens with zero attached hydrogens (tertiary/aromatic N) is 1. The van der Waals surface area contributed by atoms with Crippen LogP contribution in [0, 0.1) is 5.41 Å². The molecule has 6 rings (SSSR count). The van der Waals surface area contributed by atoms with Gasteiger partial charge in [-0.3, -0.25) is 9.78 Å². The van der Waals surface area contributed by atoms with E-state index in [0.717, 1.165) is 69.5 Å². The first-order valence-corrected chi connectivity index (χ1v) is 21.1. The minimum Gasteiger partial charge on any atom is -0.481 e. The molecule has 0 bridgehead atoms. The fourth-order valence-corrected chi connectivity index (χ4v) is 9.87. The fraction of sp³-hybridized carbons (Fsp3) is 0.700. The third-order valence-electron chi connectivity index (χ3n) is 12.4. The third-order valence-corrected chi connectivity index (χ3v) is 16.9.